The van der Waals surface area contributed by atoms with Gasteiger partial charge in [-0.05, 0) is 54.4 Å². The van der Waals surface area contributed by atoms with Gasteiger partial charge >= 0.3 is 0 Å². The number of ketones is 1. The molecule has 0 aliphatic heterocycles. The summed E-state index contributed by atoms with van der Waals surface area (Å²) in [5.74, 6) is 1.11. The maximum absolute atomic E-state index is 13.0. The molecule has 4 aromatic rings. The molecule has 1 heterocycles. The number of rotatable bonds is 9. The Kier molecular flexibility index (Phi) is 6.97. The van der Waals surface area contributed by atoms with Crippen LogP contribution in [0.25, 0.3) is 10.9 Å². The third kappa shape index (κ3) is 4.96. The highest BCUT2D eigenvalue weighted by Gasteiger charge is 2.20. The molecule has 1 atom stereocenters. The molecule has 6 nitrogen and oxygen atoms in total. The molecule has 2 N–H and O–H groups in total. The van der Waals surface area contributed by atoms with Gasteiger partial charge in [0.25, 0.3) is 0 Å². The van der Waals surface area contributed by atoms with Gasteiger partial charge in [0.1, 0.15) is 11.5 Å². The Hall–Kier alpha value is -4.06. The molecule has 174 valence electrons. The Morgan fingerprint density at radius 3 is 2.44 bits per heavy atom. The van der Waals surface area contributed by atoms with E-state index in [4.69, 9.17) is 9.47 Å². The molecule has 0 saturated carbocycles. The Bertz CT molecular complexity index is 1310. The average molecular weight is 457 g/mol. The maximum atomic E-state index is 13.0. The Morgan fingerprint density at radius 2 is 1.74 bits per heavy atom. The summed E-state index contributed by atoms with van der Waals surface area (Å²) in [6.07, 6.45) is 2.12. The number of aromatic amines is 1. The number of ether oxygens (including phenoxy) is 2. The van der Waals surface area contributed by atoms with Gasteiger partial charge in [-0.1, -0.05) is 30.3 Å². The van der Waals surface area contributed by atoms with E-state index in [9.17, 15) is 9.59 Å². The third-order valence-electron chi connectivity index (χ3n) is 6.06. The number of para-hydroxylation sites is 1. The SMILES string of the molecule is COc1ccc(C(CNC(=O)Cc2cc(C(C)=O)ccc2OC)c2c[nH]c3ccccc23)cc1. The minimum atomic E-state index is -0.141. The maximum Gasteiger partial charge on any atom is 0.224 e. The highest BCUT2D eigenvalue weighted by atomic mass is 16.5. The molecule has 1 amide bonds. The fourth-order valence-electron chi connectivity index (χ4n) is 4.21. The molecule has 4 rings (SSSR count). The molecule has 0 bridgehead atoms. The summed E-state index contributed by atoms with van der Waals surface area (Å²) in [5, 5.41) is 4.21. The Balaban J connectivity index is 1.58. The van der Waals surface area contributed by atoms with Crippen LogP contribution in [0.5, 0.6) is 11.5 Å². The molecule has 0 radical (unpaired) electrons. The lowest BCUT2D eigenvalue weighted by Crippen LogP contribution is -2.30. The van der Waals surface area contributed by atoms with Crippen molar-refractivity contribution in [1.29, 1.82) is 0 Å². The predicted molar refractivity (Wildman–Crippen MR) is 133 cm³/mol. The van der Waals surface area contributed by atoms with E-state index in [1.807, 2.05) is 48.7 Å². The number of aromatic nitrogens is 1. The zero-order chi connectivity index (χ0) is 24.1. The van der Waals surface area contributed by atoms with Crippen LogP contribution in [0, 0.1) is 0 Å². The first kappa shape index (κ1) is 23.1. The van der Waals surface area contributed by atoms with E-state index in [1.165, 1.54) is 6.92 Å². The van der Waals surface area contributed by atoms with Crippen molar-refractivity contribution in [3.8, 4) is 11.5 Å². The molecular weight excluding hydrogens is 428 g/mol. The summed E-state index contributed by atoms with van der Waals surface area (Å²) >= 11 is 0. The van der Waals surface area contributed by atoms with Crippen molar-refractivity contribution in [3.63, 3.8) is 0 Å². The third-order valence-corrected chi connectivity index (χ3v) is 6.06. The number of benzene rings is 3. The van der Waals surface area contributed by atoms with Crippen LogP contribution >= 0.6 is 0 Å². The number of Topliss-reactive ketones (excluding diaryl/α,β-unsaturated/α-hetero) is 1. The van der Waals surface area contributed by atoms with Crippen LogP contribution in [-0.2, 0) is 11.2 Å². The van der Waals surface area contributed by atoms with Crippen molar-refractivity contribution in [2.24, 2.45) is 0 Å². The van der Waals surface area contributed by atoms with Crippen LogP contribution in [0.1, 0.15) is 39.9 Å². The largest absolute Gasteiger partial charge is 0.497 e. The number of methoxy groups -OCH3 is 2. The number of carbonyl (C=O) groups is 2. The lowest BCUT2D eigenvalue weighted by Gasteiger charge is -2.19. The molecule has 3 aromatic carbocycles. The molecule has 0 saturated heterocycles. The normalized spacial score (nSPS) is 11.7. The monoisotopic (exact) mass is 456 g/mol. The Morgan fingerprint density at radius 1 is 0.971 bits per heavy atom. The smallest absolute Gasteiger partial charge is 0.224 e. The summed E-state index contributed by atoms with van der Waals surface area (Å²) in [4.78, 5) is 28.1. The van der Waals surface area contributed by atoms with Crippen LogP contribution < -0.4 is 14.8 Å². The van der Waals surface area contributed by atoms with Crippen molar-refractivity contribution in [3.05, 3.63) is 95.2 Å². The van der Waals surface area contributed by atoms with Gasteiger partial charge in [0.15, 0.2) is 5.78 Å². The summed E-state index contributed by atoms with van der Waals surface area (Å²) in [6, 6.07) is 21.2. The van der Waals surface area contributed by atoms with E-state index in [1.54, 1.807) is 32.4 Å². The van der Waals surface area contributed by atoms with Gasteiger partial charge in [0.2, 0.25) is 5.91 Å². The first-order valence-electron chi connectivity index (χ1n) is 11.1. The number of nitrogens with one attached hydrogen (secondary N) is 2. The quantitative estimate of drug-likeness (QED) is 0.352. The van der Waals surface area contributed by atoms with Crippen LogP contribution in [0.2, 0.25) is 0 Å². The van der Waals surface area contributed by atoms with Gasteiger partial charge in [0.05, 0.1) is 20.6 Å². The van der Waals surface area contributed by atoms with Crippen molar-refractivity contribution in [2.45, 2.75) is 19.3 Å². The summed E-state index contributed by atoms with van der Waals surface area (Å²) in [7, 11) is 3.20. The zero-order valence-corrected chi connectivity index (χ0v) is 19.6. The lowest BCUT2D eigenvalue weighted by molar-refractivity contribution is -0.120. The highest BCUT2D eigenvalue weighted by molar-refractivity contribution is 5.94. The van der Waals surface area contributed by atoms with Gasteiger partial charge in [-0.15, -0.1) is 0 Å². The van der Waals surface area contributed by atoms with Crippen molar-refractivity contribution in [2.75, 3.05) is 20.8 Å². The van der Waals surface area contributed by atoms with E-state index in [2.05, 4.69) is 16.4 Å². The predicted octanol–water partition coefficient (Wildman–Crippen LogP) is 4.88. The molecule has 0 fully saturated rings. The van der Waals surface area contributed by atoms with Gasteiger partial charge in [-0.2, -0.15) is 0 Å². The molecule has 0 aliphatic carbocycles. The van der Waals surface area contributed by atoms with E-state index < -0.39 is 0 Å². The summed E-state index contributed by atoms with van der Waals surface area (Å²) in [5.41, 5.74) is 4.46. The molecule has 0 aliphatic rings. The number of hydrogen-bond donors (Lipinski definition) is 2. The lowest BCUT2D eigenvalue weighted by atomic mass is 9.90. The first-order valence-corrected chi connectivity index (χ1v) is 11.1. The van der Waals surface area contributed by atoms with Crippen LogP contribution in [-0.4, -0.2) is 37.4 Å². The van der Waals surface area contributed by atoms with E-state index >= 15 is 0 Å². The summed E-state index contributed by atoms with van der Waals surface area (Å²) in [6.45, 7) is 1.92. The number of fused-ring (bicyclic) bond motifs is 1. The van der Waals surface area contributed by atoms with Crippen LogP contribution in [0.4, 0.5) is 0 Å². The zero-order valence-electron chi connectivity index (χ0n) is 19.6. The molecular formula is C28H28N2O4. The van der Waals surface area contributed by atoms with Gasteiger partial charge in [-0.3, -0.25) is 9.59 Å². The topological polar surface area (TPSA) is 80.4 Å². The number of amides is 1. The van der Waals surface area contributed by atoms with E-state index in [-0.39, 0.29) is 24.0 Å². The Labute approximate surface area is 198 Å². The fourth-order valence-corrected chi connectivity index (χ4v) is 4.21. The number of hydrogen-bond acceptors (Lipinski definition) is 4. The fraction of sp³-hybridized carbons (Fsp3) is 0.214. The molecule has 0 spiro atoms. The standard InChI is InChI=1S/C28H28N2O4/c1-18(31)20-10-13-27(34-3)21(14-20)15-28(32)30-16-24(19-8-11-22(33-2)12-9-19)25-17-29-26-7-5-4-6-23(25)26/h4-14,17,24,29H,15-16H2,1-3H3,(H,30,32). The summed E-state index contributed by atoms with van der Waals surface area (Å²) < 4.78 is 10.7. The molecule has 6 heteroatoms. The van der Waals surface area contributed by atoms with Gasteiger partial charge < -0.3 is 19.8 Å². The second kappa shape index (κ2) is 10.3. The molecule has 34 heavy (non-hydrogen) atoms. The van der Waals surface area contributed by atoms with Crippen molar-refractivity contribution in [1.82, 2.24) is 10.3 Å². The first-order chi connectivity index (χ1) is 16.5. The number of H-pyrrole nitrogens is 1. The molecule has 1 unspecified atom stereocenters. The van der Waals surface area contributed by atoms with Gasteiger partial charge in [-0.25, -0.2) is 0 Å². The van der Waals surface area contributed by atoms with E-state index in [0.29, 0.717) is 23.4 Å². The second-order valence-electron chi connectivity index (χ2n) is 8.18. The van der Waals surface area contributed by atoms with Crippen LogP contribution in [0.15, 0.2) is 72.9 Å². The van der Waals surface area contributed by atoms with Crippen molar-refractivity contribution < 1.29 is 19.1 Å². The van der Waals surface area contributed by atoms with E-state index in [0.717, 1.165) is 27.8 Å². The molecule has 1 aromatic heterocycles. The highest BCUT2D eigenvalue weighted by Crippen LogP contribution is 2.31. The average Bonchev–Trinajstić information content (AvgIpc) is 3.28. The second-order valence-corrected chi connectivity index (χ2v) is 8.18. The minimum absolute atomic E-state index is 0.0526. The van der Waals surface area contributed by atoms with Crippen molar-refractivity contribution >= 4 is 22.6 Å². The van der Waals surface area contributed by atoms with Gasteiger partial charge in [0, 0.05) is 40.7 Å². The van der Waals surface area contributed by atoms with Crippen LogP contribution in [0.3, 0.4) is 0 Å². The minimum Gasteiger partial charge on any atom is -0.497 e. The number of carbonyl (C=O) groups excluding carboxylic acids is 2.